The number of rotatable bonds is 3. The van der Waals surface area contributed by atoms with Gasteiger partial charge in [-0.25, -0.2) is 4.79 Å². The maximum Gasteiger partial charge on any atom is 0.335 e. The molecule has 0 radical (unpaired) electrons. The van der Waals surface area contributed by atoms with Crippen molar-refractivity contribution in [2.24, 2.45) is 0 Å². The van der Waals surface area contributed by atoms with Gasteiger partial charge in [0.15, 0.2) is 0 Å². The van der Waals surface area contributed by atoms with Crippen LogP contribution in [0.3, 0.4) is 0 Å². The monoisotopic (exact) mass is 279 g/mol. The smallest absolute Gasteiger partial charge is 0.335 e. The number of carboxylic acids is 1. The lowest BCUT2D eigenvalue weighted by atomic mass is 10.1. The molecule has 0 aliphatic rings. The van der Waals surface area contributed by atoms with Gasteiger partial charge in [0.1, 0.15) is 11.5 Å². The first-order valence-electron chi connectivity index (χ1n) is 6.50. The minimum absolute atomic E-state index is 0.198. The zero-order valence-electron chi connectivity index (χ0n) is 11.4. The van der Waals surface area contributed by atoms with Gasteiger partial charge in [0.25, 0.3) is 0 Å². The molecule has 4 nitrogen and oxygen atoms in total. The summed E-state index contributed by atoms with van der Waals surface area (Å²) in [6.45, 7) is 1.87. The molecule has 0 saturated carbocycles. The van der Waals surface area contributed by atoms with Crippen molar-refractivity contribution in [2.75, 3.05) is 0 Å². The fourth-order valence-electron chi connectivity index (χ4n) is 2.08. The fourth-order valence-corrected chi connectivity index (χ4v) is 2.08. The summed E-state index contributed by atoms with van der Waals surface area (Å²) < 4.78 is 5.78. The van der Waals surface area contributed by atoms with Crippen LogP contribution in [0, 0.1) is 6.92 Å². The molecule has 0 aliphatic carbocycles. The summed E-state index contributed by atoms with van der Waals surface area (Å²) in [6.07, 6.45) is 1.63. The fraction of sp³-hybridized carbons (Fsp3) is 0.0588. The third-order valence-corrected chi connectivity index (χ3v) is 3.23. The van der Waals surface area contributed by atoms with Crippen LogP contribution in [0.15, 0.2) is 54.7 Å². The summed E-state index contributed by atoms with van der Waals surface area (Å²) in [5.74, 6) is 0.128. The zero-order chi connectivity index (χ0) is 14.8. The Kier molecular flexibility index (Phi) is 3.28. The third-order valence-electron chi connectivity index (χ3n) is 3.23. The first-order chi connectivity index (χ1) is 10.1. The quantitative estimate of drug-likeness (QED) is 0.786. The number of hydrogen-bond donors (Lipinski definition) is 1. The lowest BCUT2D eigenvalue weighted by Crippen LogP contribution is -1.98. The number of benzene rings is 2. The molecule has 4 heteroatoms. The number of pyridine rings is 1. The van der Waals surface area contributed by atoms with E-state index in [-0.39, 0.29) is 5.56 Å². The van der Waals surface area contributed by atoms with Crippen molar-refractivity contribution < 1.29 is 14.6 Å². The highest BCUT2D eigenvalue weighted by Crippen LogP contribution is 2.27. The number of ether oxygens (including phenoxy) is 1. The van der Waals surface area contributed by atoms with Crippen LogP contribution in [0.25, 0.3) is 10.9 Å². The Morgan fingerprint density at radius 3 is 2.76 bits per heavy atom. The van der Waals surface area contributed by atoms with Crippen LogP contribution in [0.1, 0.15) is 15.9 Å². The van der Waals surface area contributed by atoms with Crippen LogP contribution in [-0.2, 0) is 0 Å². The molecule has 0 fully saturated rings. The molecule has 1 N–H and O–H groups in total. The number of aromatic nitrogens is 1. The largest absolute Gasteiger partial charge is 0.478 e. The van der Waals surface area contributed by atoms with Crippen molar-refractivity contribution in [3.05, 3.63) is 65.9 Å². The molecule has 0 unspecified atom stereocenters. The molecule has 0 spiro atoms. The molecule has 2 aromatic carbocycles. The van der Waals surface area contributed by atoms with E-state index in [0.717, 1.165) is 16.5 Å². The van der Waals surface area contributed by atoms with Gasteiger partial charge in [0.2, 0.25) is 0 Å². The lowest BCUT2D eigenvalue weighted by molar-refractivity contribution is 0.0696. The molecule has 1 heterocycles. The van der Waals surface area contributed by atoms with Gasteiger partial charge < -0.3 is 9.84 Å². The van der Waals surface area contributed by atoms with E-state index in [9.17, 15) is 4.79 Å². The van der Waals surface area contributed by atoms with E-state index < -0.39 is 5.97 Å². The Morgan fingerprint density at radius 2 is 1.95 bits per heavy atom. The lowest BCUT2D eigenvalue weighted by Gasteiger charge is -2.10. The Balaban J connectivity index is 1.98. The summed E-state index contributed by atoms with van der Waals surface area (Å²) in [7, 11) is 0. The van der Waals surface area contributed by atoms with Crippen molar-refractivity contribution in [1.29, 1.82) is 0 Å². The van der Waals surface area contributed by atoms with Crippen molar-refractivity contribution in [3.63, 3.8) is 0 Å². The number of aryl methyl sites for hydroxylation is 1. The molecule has 104 valence electrons. The molecule has 0 aliphatic heterocycles. The maximum absolute atomic E-state index is 11.0. The number of carbonyl (C=O) groups is 1. The molecular formula is C17H13NO3. The van der Waals surface area contributed by atoms with Crippen LogP contribution in [0.5, 0.6) is 11.5 Å². The van der Waals surface area contributed by atoms with Gasteiger partial charge >= 0.3 is 5.97 Å². The van der Waals surface area contributed by atoms with E-state index in [1.54, 1.807) is 18.3 Å². The SMILES string of the molecule is Cc1ccc(C(=O)O)cc1Oc1cnc2ccccc2c1. The van der Waals surface area contributed by atoms with E-state index in [4.69, 9.17) is 9.84 Å². The highest BCUT2D eigenvalue weighted by molar-refractivity contribution is 5.88. The molecular weight excluding hydrogens is 266 g/mol. The minimum Gasteiger partial charge on any atom is -0.478 e. The van der Waals surface area contributed by atoms with E-state index in [1.165, 1.54) is 6.07 Å². The van der Waals surface area contributed by atoms with Crippen LogP contribution in [0.2, 0.25) is 0 Å². The number of aromatic carboxylic acids is 1. The molecule has 0 saturated heterocycles. The minimum atomic E-state index is -0.975. The number of para-hydroxylation sites is 1. The van der Waals surface area contributed by atoms with Crippen LogP contribution in [-0.4, -0.2) is 16.1 Å². The molecule has 0 atom stereocenters. The van der Waals surface area contributed by atoms with Crippen molar-refractivity contribution >= 4 is 16.9 Å². The van der Waals surface area contributed by atoms with Crippen molar-refractivity contribution in [3.8, 4) is 11.5 Å². The first kappa shape index (κ1) is 13.1. The highest BCUT2D eigenvalue weighted by Gasteiger charge is 2.08. The Bertz CT molecular complexity index is 827. The van der Waals surface area contributed by atoms with E-state index in [2.05, 4.69) is 4.98 Å². The number of fused-ring (bicyclic) bond motifs is 1. The standard InChI is InChI=1S/C17H13NO3/c1-11-6-7-13(17(19)20)9-16(11)21-14-8-12-4-2-3-5-15(12)18-10-14/h2-10H,1H3,(H,19,20). The molecule has 21 heavy (non-hydrogen) atoms. The summed E-state index contributed by atoms with van der Waals surface area (Å²) in [4.78, 5) is 15.3. The van der Waals surface area contributed by atoms with Crippen molar-refractivity contribution in [2.45, 2.75) is 6.92 Å². The van der Waals surface area contributed by atoms with Gasteiger partial charge in [-0.3, -0.25) is 4.98 Å². The topological polar surface area (TPSA) is 59.4 Å². The summed E-state index contributed by atoms with van der Waals surface area (Å²) >= 11 is 0. The number of hydrogen-bond acceptors (Lipinski definition) is 3. The third kappa shape index (κ3) is 2.69. The second kappa shape index (κ2) is 5.25. The average molecular weight is 279 g/mol. The van der Waals surface area contributed by atoms with Gasteiger partial charge in [-0.15, -0.1) is 0 Å². The number of carboxylic acid groups (broad SMARTS) is 1. The average Bonchev–Trinajstić information content (AvgIpc) is 2.49. The van der Waals surface area contributed by atoms with Gasteiger partial charge in [-0.2, -0.15) is 0 Å². The summed E-state index contributed by atoms with van der Waals surface area (Å²) in [6, 6.07) is 14.4. The second-order valence-corrected chi connectivity index (χ2v) is 4.75. The first-order valence-corrected chi connectivity index (χ1v) is 6.50. The van der Waals surface area contributed by atoms with Gasteiger partial charge in [0, 0.05) is 5.39 Å². The Morgan fingerprint density at radius 1 is 1.14 bits per heavy atom. The van der Waals surface area contributed by atoms with Gasteiger partial charge in [-0.1, -0.05) is 24.3 Å². The van der Waals surface area contributed by atoms with E-state index >= 15 is 0 Å². The van der Waals surface area contributed by atoms with Crippen LogP contribution in [0.4, 0.5) is 0 Å². The highest BCUT2D eigenvalue weighted by atomic mass is 16.5. The normalized spacial score (nSPS) is 10.5. The Hall–Kier alpha value is -2.88. The van der Waals surface area contributed by atoms with Crippen LogP contribution < -0.4 is 4.74 Å². The molecule has 0 amide bonds. The Labute approximate surface area is 121 Å². The number of nitrogens with zero attached hydrogens (tertiary/aromatic N) is 1. The van der Waals surface area contributed by atoms with Gasteiger partial charge in [0.05, 0.1) is 17.3 Å². The molecule has 3 rings (SSSR count). The summed E-state index contributed by atoms with van der Waals surface area (Å²) in [5, 5.41) is 10.0. The maximum atomic E-state index is 11.0. The predicted molar refractivity (Wildman–Crippen MR) is 80.0 cm³/mol. The zero-order valence-corrected chi connectivity index (χ0v) is 11.4. The predicted octanol–water partition coefficient (Wildman–Crippen LogP) is 4.03. The molecule has 0 bridgehead atoms. The molecule has 1 aromatic heterocycles. The van der Waals surface area contributed by atoms with E-state index in [1.807, 2.05) is 37.3 Å². The van der Waals surface area contributed by atoms with Crippen molar-refractivity contribution in [1.82, 2.24) is 4.98 Å². The molecule has 3 aromatic rings. The van der Waals surface area contributed by atoms with Gasteiger partial charge in [-0.05, 0) is 36.8 Å². The second-order valence-electron chi connectivity index (χ2n) is 4.75. The summed E-state index contributed by atoms with van der Waals surface area (Å²) in [5.41, 5.74) is 1.96. The van der Waals surface area contributed by atoms with Crippen LogP contribution >= 0.6 is 0 Å². The van der Waals surface area contributed by atoms with E-state index in [0.29, 0.717) is 11.5 Å².